The van der Waals surface area contributed by atoms with Crippen LogP contribution in [0, 0.1) is 0 Å². The molecule has 0 aliphatic carbocycles. The lowest BCUT2D eigenvalue weighted by molar-refractivity contribution is -0.137. The van der Waals surface area contributed by atoms with Crippen molar-refractivity contribution >= 4 is 12.1 Å². The molecule has 1 amide bonds. The Morgan fingerprint density at radius 2 is 1.94 bits per heavy atom. The molecule has 6 nitrogen and oxygen atoms in total. The molecule has 0 radical (unpaired) electrons. The average Bonchev–Trinajstić information content (AvgIpc) is 2.14. The highest BCUT2D eigenvalue weighted by Crippen LogP contribution is 2.07. The molecule has 0 aromatic rings. The number of hydrogen-bond acceptors (Lipinski definition) is 5. The third-order valence-corrected chi connectivity index (χ3v) is 1.80. The maximum Gasteiger partial charge on any atom is 0.408 e. The summed E-state index contributed by atoms with van der Waals surface area (Å²) >= 11 is 0. The number of rotatable bonds is 4. The van der Waals surface area contributed by atoms with Crippen LogP contribution in [0.5, 0.6) is 0 Å². The van der Waals surface area contributed by atoms with E-state index in [-0.39, 0.29) is 12.3 Å². The first kappa shape index (κ1) is 16.3. The fourth-order valence-corrected chi connectivity index (χ4v) is 1.01. The highest BCUT2D eigenvalue weighted by atomic mass is 16.6. The first-order valence-electron chi connectivity index (χ1n) is 5.79. The van der Waals surface area contributed by atoms with Gasteiger partial charge in [0, 0.05) is 11.8 Å². The maximum absolute atomic E-state index is 11.5. The van der Waals surface area contributed by atoms with E-state index in [1.807, 2.05) is 0 Å². The van der Waals surface area contributed by atoms with Crippen molar-refractivity contribution in [3.8, 4) is 0 Å². The Hall–Kier alpha value is -1.72. The van der Waals surface area contributed by atoms with Gasteiger partial charge in [0.05, 0.1) is 12.6 Å². The minimum absolute atomic E-state index is 0.208. The zero-order valence-electron chi connectivity index (χ0n) is 11.6. The maximum atomic E-state index is 11.5. The van der Waals surface area contributed by atoms with E-state index in [0.717, 1.165) is 6.08 Å². The van der Waals surface area contributed by atoms with Crippen LogP contribution in [0.15, 0.2) is 11.8 Å². The van der Waals surface area contributed by atoms with Crippen molar-refractivity contribution in [3.63, 3.8) is 0 Å². The molecule has 0 aromatic carbocycles. The van der Waals surface area contributed by atoms with E-state index in [4.69, 9.17) is 15.2 Å². The first-order chi connectivity index (χ1) is 8.15. The van der Waals surface area contributed by atoms with Crippen LogP contribution >= 0.6 is 0 Å². The van der Waals surface area contributed by atoms with Crippen LogP contribution in [0.3, 0.4) is 0 Å². The highest BCUT2D eigenvalue weighted by Gasteiger charge is 2.18. The van der Waals surface area contributed by atoms with E-state index in [0.29, 0.717) is 0 Å². The molecule has 0 bridgehead atoms. The van der Waals surface area contributed by atoms with E-state index >= 15 is 0 Å². The second-order valence-electron chi connectivity index (χ2n) is 4.76. The van der Waals surface area contributed by atoms with Crippen LogP contribution in [-0.2, 0) is 14.3 Å². The lowest BCUT2D eigenvalue weighted by Crippen LogP contribution is -2.40. The van der Waals surface area contributed by atoms with E-state index in [2.05, 4.69) is 5.32 Å². The molecule has 0 saturated heterocycles. The summed E-state index contributed by atoms with van der Waals surface area (Å²) in [4.78, 5) is 22.6. The lowest BCUT2D eigenvalue weighted by atomic mass is 10.2. The molecule has 0 aliphatic heterocycles. The topological polar surface area (TPSA) is 90.6 Å². The molecule has 18 heavy (non-hydrogen) atoms. The van der Waals surface area contributed by atoms with Gasteiger partial charge in [0.25, 0.3) is 0 Å². The summed E-state index contributed by atoms with van der Waals surface area (Å²) in [6, 6.07) is -0.510. The zero-order valence-corrected chi connectivity index (χ0v) is 11.6. The summed E-state index contributed by atoms with van der Waals surface area (Å²) in [6.45, 7) is 8.90. The molecule has 104 valence electrons. The van der Waals surface area contributed by atoms with Crippen molar-refractivity contribution in [1.82, 2.24) is 5.32 Å². The van der Waals surface area contributed by atoms with Crippen molar-refractivity contribution in [3.05, 3.63) is 11.8 Å². The zero-order chi connectivity index (χ0) is 14.3. The van der Waals surface area contributed by atoms with E-state index in [9.17, 15) is 9.59 Å². The van der Waals surface area contributed by atoms with Crippen molar-refractivity contribution < 1.29 is 19.1 Å². The third-order valence-electron chi connectivity index (χ3n) is 1.80. The third kappa shape index (κ3) is 7.54. The van der Waals surface area contributed by atoms with Crippen molar-refractivity contribution in [2.24, 2.45) is 5.73 Å². The number of ether oxygens (including phenoxy) is 2. The van der Waals surface area contributed by atoms with Crippen LogP contribution in [0.4, 0.5) is 4.79 Å². The molecule has 0 fully saturated rings. The number of nitrogens with two attached hydrogens (primary N) is 1. The highest BCUT2D eigenvalue weighted by molar-refractivity contribution is 5.83. The predicted molar refractivity (Wildman–Crippen MR) is 67.7 cm³/mol. The Labute approximate surface area is 108 Å². The van der Waals surface area contributed by atoms with Crippen LogP contribution in [-0.4, -0.2) is 30.3 Å². The van der Waals surface area contributed by atoms with E-state index in [1.165, 1.54) is 0 Å². The van der Waals surface area contributed by atoms with E-state index in [1.54, 1.807) is 34.6 Å². The second kappa shape index (κ2) is 6.88. The molecular formula is C12H22N2O4. The molecule has 6 heteroatoms. The standard InChI is InChI=1S/C12H22N2O4/c1-6-17-10(15)7-9(13)8(2)14-11(16)18-12(3,4)5/h7-8H,6,13H2,1-5H3,(H,14,16)/b9-7-/t8-/m1/s1. The summed E-state index contributed by atoms with van der Waals surface area (Å²) in [6.07, 6.45) is 0.557. The molecule has 0 rings (SSSR count). The van der Waals surface area contributed by atoms with Gasteiger partial charge in [-0.2, -0.15) is 0 Å². The lowest BCUT2D eigenvalue weighted by Gasteiger charge is -2.22. The molecule has 0 aromatic heterocycles. The van der Waals surface area contributed by atoms with Crippen LogP contribution in [0.2, 0.25) is 0 Å². The average molecular weight is 258 g/mol. The Kier molecular flexibility index (Phi) is 6.22. The second-order valence-corrected chi connectivity index (χ2v) is 4.76. The molecule has 0 heterocycles. The van der Waals surface area contributed by atoms with Crippen LogP contribution < -0.4 is 11.1 Å². The molecule has 1 atom stereocenters. The van der Waals surface area contributed by atoms with Gasteiger partial charge in [-0.05, 0) is 34.6 Å². The van der Waals surface area contributed by atoms with Crippen LogP contribution in [0.25, 0.3) is 0 Å². The quantitative estimate of drug-likeness (QED) is 0.586. The largest absolute Gasteiger partial charge is 0.463 e. The predicted octanol–water partition coefficient (Wildman–Crippen LogP) is 1.31. The van der Waals surface area contributed by atoms with Gasteiger partial charge in [-0.25, -0.2) is 9.59 Å². The van der Waals surface area contributed by atoms with Crippen molar-refractivity contribution in [2.75, 3.05) is 6.61 Å². The minimum atomic E-state index is -0.588. The number of nitrogens with one attached hydrogen (secondary N) is 1. The van der Waals surface area contributed by atoms with Gasteiger partial charge < -0.3 is 20.5 Å². The van der Waals surface area contributed by atoms with Gasteiger partial charge in [-0.15, -0.1) is 0 Å². The SMILES string of the molecule is CCOC(=O)/C=C(\N)[C@@H](C)NC(=O)OC(C)(C)C. The Morgan fingerprint density at radius 3 is 2.39 bits per heavy atom. The van der Waals surface area contributed by atoms with Gasteiger partial charge in [0.15, 0.2) is 0 Å². The number of alkyl carbamates (subject to hydrolysis) is 1. The molecule has 3 N–H and O–H groups in total. The normalized spacial score (nSPS) is 13.7. The molecule has 0 spiro atoms. The number of amides is 1. The Bertz CT molecular complexity index is 331. The van der Waals surface area contributed by atoms with Crippen LogP contribution in [0.1, 0.15) is 34.6 Å². The van der Waals surface area contributed by atoms with Crippen molar-refractivity contribution in [2.45, 2.75) is 46.3 Å². The number of carbonyl (C=O) groups is 2. The summed E-state index contributed by atoms with van der Waals surface area (Å²) in [7, 11) is 0. The minimum Gasteiger partial charge on any atom is -0.463 e. The Balaban J connectivity index is 4.36. The summed E-state index contributed by atoms with van der Waals surface area (Å²) < 4.78 is 9.77. The molecular weight excluding hydrogens is 236 g/mol. The molecule has 0 unspecified atom stereocenters. The fraction of sp³-hybridized carbons (Fsp3) is 0.667. The number of hydrogen-bond donors (Lipinski definition) is 2. The van der Waals surface area contributed by atoms with Gasteiger partial charge in [0.1, 0.15) is 5.60 Å². The Morgan fingerprint density at radius 1 is 1.39 bits per heavy atom. The van der Waals surface area contributed by atoms with E-state index < -0.39 is 23.7 Å². The molecule has 0 saturated carbocycles. The fourth-order valence-electron chi connectivity index (χ4n) is 1.01. The van der Waals surface area contributed by atoms with Crippen molar-refractivity contribution in [1.29, 1.82) is 0 Å². The smallest absolute Gasteiger partial charge is 0.408 e. The molecule has 0 aliphatic rings. The van der Waals surface area contributed by atoms with Gasteiger partial charge in [-0.1, -0.05) is 0 Å². The van der Waals surface area contributed by atoms with Gasteiger partial charge in [0.2, 0.25) is 0 Å². The summed E-state index contributed by atoms with van der Waals surface area (Å²) in [5.41, 5.74) is 5.28. The van der Waals surface area contributed by atoms with Gasteiger partial charge in [-0.3, -0.25) is 0 Å². The monoisotopic (exact) mass is 258 g/mol. The summed E-state index contributed by atoms with van der Waals surface area (Å²) in [5.74, 6) is -0.534. The number of carbonyl (C=O) groups excluding carboxylic acids is 2. The summed E-state index contributed by atoms with van der Waals surface area (Å²) in [5, 5.41) is 2.52. The first-order valence-corrected chi connectivity index (χ1v) is 5.79. The van der Waals surface area contributed by atoms with Gasteiger partial charge >= 0.3 is 12.1 Å². The number of esters is 1.